The fourth-order valence-electron chi connectivity index (χ4n) is 2.32. The lowest BCUT2D eigenvalue weighted by molar-refractivity contribution is 0.341. The molecule has 2 N–H and O–H groups in total. The summed E-state index contributed by atoms with van der Waals surface area (Å²) in [5, 5.41) is -1.55. The van der Waals surface area contributed by atoms with Crippen molar-refractivity contribution in [2.24, 2.45) is 0 Å². The van der Waals surface area contributed by atoms with Gasteiger partial charge in [0, 0.05) is 5.38 Å². The maximum absolute atomic E-state index is 12.3. The molecule has 0 spiro atoms. The van der Waals surface area contributed by atoms with E-state index in [1.54, 1.807) is 0 Å². The third-order valence-corrected chi connectivity index (χ3v) is 6.42. The molecule has 0 amide bonds. The summed E-state index contributed by atoms with van der Waals surface area (Å²) in [6.45, 7) is 0. The fraction of sp³-hybridized carbons (Fsp3) is 1.00. The van der Waals surface area contributed by atoms with Crippen LogP contribution in [0.4, 0.5) is 4.39 Å². The second kappa shape index (κ2) is 6.87. The molecule has 2 aliphatic rings. The molecule has 0 heterocycles. The molecule has 0 radical (unpaired) electrons. The van der Waals surface area contributed by atoms with E-state index >= 15 is 0 Å². The van der Waals surface area contributed by atoms with E-state index in [-0.39, 0.29) is 24.6 Å². The summed E-state index contributed by atoms with van der Waals surface area (Å²) in [5.74, 6) is 0. The molecular formula is C10H18ClFO6S2. The molecule has 120 valence electrons. The van der Waals surface area contributed by atoms with Gasteiger partial charge in [0.25, 0.3) is 20.2 Å². The van der Waals surface area contributed by atoms with Crippen LogP contribution in [0.5, 0.6) is 0 Å². The Labute approximate surface area is 123 Å². The zero-order valence-electron chi connectivity index (χ0n) is 10.7. The summed E-state index contributed by atoms with van der Waals surface area (Å²) in [7, 11) is -7.80. The standard InChI is InChI=1S/C5H9ClO3S.C5H9FO3S/c2*6-4-1-2-5(3-4)10(7,8)9/h2*4-5H,1-3H2,(H,7,8,9). The van der Waals surface area contributed by atoms with Gasteiger partial charge in [-0.1, -0.05) is 0 Å². The topological polar surface area (TPSA) is 109 Å². The van der Waals surface area contributed by atoms with Gasteiger partial charge in [0.2, 0.25) is 0 Å². The Kier molecular flexibility index (Phi) is 6.21. The molecule has 0 aromatic carbocycles. The lowest BCUT2D eigenvalue weighted by Crippen LogP contribution is -2.16. The monoisotopic (exact) mass is 352 g/mol. The SMILES string of the molecule is O=S(=O)(O)C1CCC(Cl)C1.O=S(=O)(O)C1CCC(F)C1. The van der Waals surface area contributed by atoms with E-state index < -0.39 is 36.9 Å². The molecule has 0 saturated heterocycles. The van der Waals surface area contributed by atoms with Gasteiger partial charge in [-0.05, 0) is 38.5 Å². The van der Waals surface area contributed by atoms with Crippen molar-refractivity contribution in [2.45, 2.75) is 60.6 Å². The van der Waals surface area contributed by atoms with E-state index in [9.17, 15) is 21.2 Å². The highest BCUT2D eigenvalue weighted by Gasteiger charge is 2.33. The molecule has 0 aromatic heterocycles. The van der Waals surface area contributed by atoms with Crippen LogP contribution < -0.4 is 0 Å². The maximum atomic E-state index is 12.3. The first kappa shape index (κ1) is 18.1. The number of hydrogen-bond donors (Lipinski definition) is 2. The zero-order chi connectivity index (χ0) is 15.6. The first-order valence-electron chi connectivity index (χ1n) is 6.21. The Hall–Kier alpha value is 0.0400. The highest BCUT2D eigenvalue weighted by Crippen LogP contribution is 2.28. The lowest BCUT2D eigenvalue weighted by atomic mass is 10.3. The zero-order valence-corrected chi connectivity index (χ0v) is 13.0. The van der Waals surface area contributed by atoms with Crippen molar-refractivity contribution in [3.63, 3.8) is 0 Å². The molecule has 2 rings (SSSR count). The predicted octanol–water partition coefficient (Wildman–Crippen LogP) is 1.80. The van der Waals surface area contributed by atoms with Crippen molar-refractivity contribution in [1.29, 1.82) is 0 Å². The summed E-state index contributed by atoms with van der Waals surface area (Å²) in [6, 6.07) is 0. The molecule has 4 atom stereocenters. The van der Waals surface area contributed by atoms with Crippen molar-refractivity contribution in [3.05, 3.63) is 0 Å². The highest BCUT2D eigenvalue weighted by molar-refractivity contribution is 7.86. The van der Waals surface area contributed by atoms with Gasteiger partial charge in [-0.15, -0.1) is 11.6 Å². The summed E-state index contributed by atoms with van der Waals surface area (Å²) in [4.78, 5) is 0. The van der Waals surface area contributed by atoms with Crippen molar-refractivity contribution in [3.8, 4) is 0 Å². The smallest absolute Gasteiger partial charge is 0.267 e. The molecule has 4 unspecified atom stereocenters. The molecular weight excluding hydrogens is 335 g/mol. The average Bonchev–Trinajstić information content (AvgIpc) is 2.85. The molecule has 0 aromatic rings. The first-order chi connectivity index (χ1) is 9.00. The minimum Gasteiger partial charge on any atom is -0.285 e. The van der Waals surface area contributed by atoms with E-state index in [1.165, 1.54) is 0 Å². The van der Waals surface area contributed by atoms with Gasteiger partial charge in [-0.3, -0.25) is 9.11 Å². The minimum absolute atomic E-state index is 0.0428. The van der Waals surface area contributed by atoms with Crippen LogP contribution in [0.15, 0.2) is 0 Å². The van der Waals surface area contributed by atoms with Gasteiger partial charge in [0.05, 0.1) is 10.5 Å². The second-order valence-electron chi connectivity index (χ2n) is 5.09. The minimum atomic E-state index is -3.98. The van der Waals surface area contributed by atoms with Crippen LogP contribution in [0, 0.1) is 0 Å². The van der Waals surface area contributed by atoms with Gasteiger partial charge >= 0.3 is 0 Å². The summed E-state index contributed by atoms with van der Waals surface area (Å²) in [5.41, 5.74) is 0. The van der Waals surface area contributed by atoms with Crippen molar-refractivity contribution in [2.75, 3.05) is 0 Å². The Morgan fingerprint density at radius 2 is 1.30 bits per heavy atom. The van der Waals surface area contributed by atoms with E-state index in [1.807, 2.05) is 0 Å². The predicted molar refractivity (Wildman–Crippen MR) is 72.9 cm³/mol. The number of halogens is 2. The highest BCUT2D eigenvalue weighted by atomic mass is 35.5. The molecule has 10 heteroatoms. The summed E-state index contributed by atoms with van der Waals surface area (Å²) < 4.78 is 71.0. The second-order valence-corrected chi connectivity index (χ2v) is 9.11. The molecule has 2 saturated carbocycles. The van der Waals surface area contributed by atoms with Crippen LogP contribution in [0.1, 0.15) is 38.5 Å². The average molecular weight is 353 g/mol. The van der Waals surface area contributed by atoms with Crippen LogP contribution in [-0.4, -0.2) is 48.0 Å². The van der Waals surface area contributed by atoms with Gasteiger partial charge in [-0.2, -0.15) is 16.8 Å². The lowest BCUT2D eigenvalue weighted by Gasteiger charge is -2.02. The molecule has 2 fully saturated rings. The van der Waals surface area contributed by atoms with E-state index in [4.69, 9.17) is 20.7 Å². The van der Waals surface area contributed by atoms with Crippen LogP contribution in [-0.2, 0) is 20.2 Å². The van der Waals surface area contributed by atoms with Crippen LogP contribution >= 0.6 is 11.6 Å². The van der Waals surface area contributed by atoms with Gasteiger partial charge < -0.3 is 0 Å². The van der Waals surface area contributed by atoms with Crippen LogP contribution in [0.2, 0.25) is 0 Å². The Bertz CT molecular complexity index is 472. The van der Waals surface area contributed by atoms with Gasteiger partial charge in [0.15, 0.2) is 0 Å². The molecule has 6 nitrogen and oxygen atoms in total. The maximum Gasteiger partial charge on any atom is 0.267 e. The summed E-state index contributed by atoms with van der Waals surface area (Å²) >= 11 is 5.64. The van der Waals surface area contributed by atoms with Crippen molar-refractivity contribution >= 4 is 31.8 Å². The third-order valence-electron chi connectivity index (χ3n) is 3.48. The normalized spacial score (nSPS) is 34.6. The van der Waals surface area contributed by atoms with Crippen LogP contribution in [0.25, 0.3) is 0 Å². The van der Waals surface area contributed by atoms with Crippen LogP contribution in [0.3, 0.4) is 0 Å². The van der Waals surface area contributed by atoms with Crippen molar-refractivity contribution < 1.29 is 30.3 Å². The quantitative estimate of drug-likeness (QED) is 0.579. The Balaban J connectivity index is 0.000000200. The largest absolute Gasteiger partial charge is 0.285 e. The molecule has 0 bridgehead atoms. The number of alkyl halides is 2. The molecule has 20 heavy (non-hydrogen) atoms. The van der Waals surface area contributed by atoms with E-state index in [0.717, 1.165) is 0 Å². The fourth-order valence-corrected chi connectivity index (χ4v) is 4.56. The van der Waals surface area contributed by atoms with Crippen molar-refractivity contribution in [1.82, 2.24) is 0 Å². The van der Waals surface area contributed by atoms with E-state index in [0.29, 0.717) is 19.3 Å². The molecule has 2 aliphatic carbocycles. The van der Waals surface area contributed by atoms with Gasteiger partial charge in [-0.25, -0.2) is 4.39 Å². The summed E-state index contributed by atoms with van der Waals surface area (Å²) in [6.07, 6.45) is 0.981. The molecule has 0 aliphatic heterocycles. The first-order valence-corrected chi connectivity index (χ1v) is 9.65. The Morgan fingerprint density at radius 3 is 1.50 bits per heavy atom. The van der Waals surface area contributed by atoms with E-state index in [2.05, 4.69) is 0 Å². The number of hydrogen-bond acceptors (Lipinski definition) is 4. The number of rotatable bonds is 2. The third kappa shape index (κ3) is 5.80. The Morgan fingerprint density at radius 1 is 0.850 bits per heavy atom. The van der Waals surface area contributed by atoms with Gasteiger partial charge in [0.1, 0.15) is 6.17 Å².